The fourth-order valence-corrected chi connectivity index (χ4v) is 3.89. The van der Waals surface area contributed by atoms with Crippen molar-refractivity contribution in [3.63, 3.8) is 0 Å². The molecule has 23 heavy (non-hydrogen) atoms. The van der Waals surface area contributed by atoms with Crippen molar-refractivity contribution >= 4 is 27.5 Å². The highest BCUT2D eigenvalue weighted by atomic mass is 79.9. The number of benzene rings is 2. The number of rotatable bonds is 2. The van der Waals surface area contributed by atoms with Crippen molar-refractivity contribution in [2.75, 3.05) is 11.4 Å². The summed E-state index contributed by atoms with van der Waals surface area (Å²) in [6, 6.07) is 14.2. The Bertz CT molecular complexity index is 732. The smallest absolute Gasteiger partial charge is 0.246 e. The molecule has 5 heteroatoms. The Hall–Kier alpha value is -1.72. The molecule has 4 rings (SSSR count). The van der Waals surface area contributed by atoms with Crippen molar-refractivity contribution < 1.29 is 9.18 Å². The highest BCUT2D eigenvalue weighted by molar-refractivity contribution is 9.10. The summed E-state index contributed by atoms with van der Waals surface area (Å²) in [6.45, 7) is 0.912. The van der Waals surface area contributed by atoms with E-state index in [4.69, 9.17) is 0 Å². The number of carbonyl (C=O) groups is 1. The molecule has 2 heterocycles. The molecule has 0 radical (unpaired) electrons. The third-order valence-corrected chi connectivity index (χ3v) is 5.18. The van der Waals surface area contributed by atoms with E-state index >= 15 is 0 Å². The van der Waals surface area contributed by atoms with E-state index < -0.39 is 0 Å². The molecular formula is C18H16BrFN2O. The summed E-state index contributed by atoms with van der Waals surface area (Å²) in [6.07, 6.45) is 1.82. The normalized spacial score (nSPS) is 24.3. The minimum Gasteiger partial charge on any atom is -0.291 e. The first-order valence-corrected chi connectivity index (χ1v) is 8.54. The van der Waals surface area contributed by atoms with Gasteiger partial charge in [0.1, 0.15) is 12.0 Å². The zero-order chi connectivity index (χ0) is 16.0. The predicted molar refractivity (Wildman–Crippen MR) is 90.5 cm³/mol. The highest BCUT2D eigenvalue weighted by Gasteiger charge is 2.49. The van der Waals surface area contributed by atoms with Crippen LogP contribution in [-0.2, 0) is 4.79 Å². The first kappa shape index (κ1) is 14.8. The van der Waals surface area contributed by atoms with Crippen molar-refractivity contribution in [3.8, 4) is 0 Å². The predicted octanol–water partition coefficient (Wildman–Crippen LogP) is 4.10. The fraction of sp³-hybridized carbons (Fsp3) is 0.278. The number of hydrogen-bond acceptors (Lipinski definition) is 2. The molecule has 2 atom stereocenters. The summed E-state index contributed by atoms with van der Waals surface area (Å²) in [5.74, 6) is -0.178. The summed E-state index contributed by atoms with van der Waals surface area (Å²) < 4.78 is 14.3. The molecule has 2 saturated heterocycles. The van der Waals surface area contributed by atoms with Gasteiger partial charge in [-0.05, 0) is 54.8 Å². The van der Waals surface area contributed by atoms with Gasteiger partial charge in [-0.3, -0.25) is 14.6 Å². The first-order valence-electron chi connectivity index (χ1n) is 7.75. The van der Waals surface area contributed by atoms with Crippen LogP contribution in [-0.4, -0.2) is 23.4 Å². The van der Waals surface area contributed by atoms with E-state index in [-0.39, 0.29) is 23.9 Å². The third kappa shape index (κ3) is 2.48. The second-order valence-electron chi connectivity index (χ2n) is 6.01. The van der Waals surface area contributed by atoms with Crippen LogP contribution in [0.4, 0.5) is 10.1 Å². The van der Waals surface area contributed by atoms with Crippen LogP contribution in [0.1, 0.15) is 24.6 Å². The standard InChI is InChI=1S/C18H16BrFN2O/c19-13-5-3-12(4-6-13)17-21-11-1-2-16(21)18(23)22(17)15-9-7-14(20)8-10-15/h3-10,16-17H,1-2,11H2/t16-,17+/m0/s1. The fourth-order valence-electron chi connectivity index (χ4n) is 3.62. The second kappa shape index (κ2) is 5.73. The number of fused-ring (bicyclic) bond motifs is 1. The van der Waals surface area contributed by atoms with Gasteiger partial charge in [-0.15, -0.1) is 0 Å². The van der Waals surface area contributed by atoms with Gasteiger partial charge < -0.3 is 0 Å². The van der Waals surface area contributed by atoms with Crippen molar-refractivity contribution in [1.29, 1.82) is 0 Å². The minimum atomic E-state index is -0.291. The van der Waals surface area contributed by atoms with Gasteiger partial charge in [0, 0.05) is 16.7 Å². The van der Waals surface area contributed by atoms with Gasteiger partial charge in [-0.25, -0.2) is 4.39 Å². The summed E-state index contributed by atoms with van der Waals surface area (Å²) in [5, 5.41) is 0. The molecule has 0 saturated carbocycles. The number of nitrogens with zero attached hydrogens (tertiary/aromatic N) is 2. The second-order valence-corrected chi connectivity index (χ2v) is 6.92. The van der Waals surface area contributed by atoms with Crippen LogP contribution in [0.25, 0.3) is 0 Å². The third-order valence-electron chi connectivity index (χ3n) is 4.65. The van der Waals surface area contributed by atoms with Crippen LogP contribution in [0, 0.1) is 5.82 Å². The van der Waals surface area contributed by atoms with E-state index in [9.17, 15) is 9.18 Å². The van der Waals surface area contributed by atoms with Crippen LogP contribution in [0.2, 0.25) is 0 Å². The number of halogens is 2. The summed E-state index contributed by atoms with van der Waals surface area (Å²) in [4.78, 5) is 17.0. The maximum absolute atomic E-state index is 13.2. The molecule has 0 aromatic heterocycles. The van der Waals surface area contributed by atoms with E-state index in [1.54, 1.807) is 12.1 Å². The zero-order valence-corrected chi connectivity index (χ0v) is 14.0. The van der Waals surface area contributed by atoms with Gasteiger partial charge in [0.05, 0.1) is 6.04 Å². The van der Waals surface area contributed by atoms with Crippen molar-refractivity contribution in [3.05, 3.63) is 64.4 Å². The van der Waals surface area contributed by atoms with E-state index in [0.29, 0.717) is 0 Å². The van der Waals surface area contributed by atoms with E-state index in [1.807, 2.05) is 29.2 Å². The van der Waals surface area contributed by atoms with Crippen molar-refractivity contribution in [1.82, 2.24) is 4.90 Å². The number of carbonyl (C=O) groups excluding carboxylic acids is 1. The molecule has 2 aromatic carbocycles. The summed E-state index contributed by atoms with van der Waals surface area (Å²) in [7, 11) is 0. The number of hydrogen-bond donors (Lipinski definition) is 0. The molecule has 0 N–H and O–H groups in total. The molecule has 1 amide bonds. The lowest BCUT2D eigenvalue weighted by atomic mass is 10.1. The average molecular weight is 375 g/mol. The molecule has 2 aromatic rings. The number of amides is 1. The SMILES string of the molecule is O=C1[C@@H]2CCCN2[C@@H](c2ccc(Br)cc2)N1c1ccc(F)cc1. The van der Waals surface area contributed by atoms with Crippen LogP contribution >= 0.6 is 15.9 Å². The zero-order valence-electron chi connectivity index (χ0n) is 12.5. The average Bonchev–Trinajstić information content (AvgIpc) is 3.12. The van der Waals surface area contributed by atoms with Gasteiger partial charge in [0.25, 0.3) is 0 Å². The Balaban J connectivity index is 1.79. The molecule has 3 nitrogen and oxygen atoms in total. The quantitative estimate of drug-likeness (QED) is 0.789. The van der Waals surface area contributed by atoms with Crippen LogP contribution in [0.3, 0.4) is 0 Å². The van der Waals surface area contributed by atoms with Crippen LogP contribution in [0.5, 0.6) is 0 Å². The highest BCUT2D eigenvalue weighted by Crippen LogP contribution is 2.42. The van der Waals surface area contributed by atoms with Gasteiger partial charge in [-0.1, -0.05) is 28.1 Å². The molecule has 2 fully saturated rings. The number of anilines is 1. The van der Waals surface area contributed by atoms with Crippen molar-refractivity contribution in [2.24, 2.45) is 0 Å². The Labute approximate surface area is 142 Å². The van der Waals surface area contributed by atoms with Crippen LogP contribution in [0.15, 0.2) is 53.0 Å². The van der Waals surface area contributed by atoms with E-state index in [1.165, 1.54) is 12.1 Å². The van der Waals surface area contributed by atoms with E-state index in [2.05, 4.69) is 20.8 Å². The van der Waals surface area contributed by atoms with Gasteiger partial charge in [0.2, 0.25) is 5.91 Å². The molecule has 0 aliphatic carbocycles. The maximum atomic E-state index is 13.2. The minimum absolute atomic E-state index is 0.0614. The van der Waals surface area contributed by atoms with Gasteiger partial charge in [0.15, 0.2) is 0 Å². The van der Waals surface area contributed by atoms with E-state index in [0.717, 1.165) is 35.1 Å². The summed E-state index contributed by atoms with van der Waals surface area (Å²) >= 11 is 3.45. The Morgan fingerprint density at radius 3 is 2.43 bits per heavy atom. The Kier molecular flexibility index (Phi) is 3.70. The topological polar surface area (TPSA) is 23.6 Å². The lowest BCUT2D eigenvalue weighted by Gasteiger charge is -2.29. The molecule has 0 unspecified atom stereocenters. The van der Waals surface area contributed by atoms with Crippen LogP contribution < -0.4 is 4.90 Å². The monoisotopic (exact) mass is 374 g/mol. The lowest BCUT2D eigenvalue weighted by molar-refractivity contribution is -0.119. The molecule has 0 bridgehead atoms. The molecule has 0 spiro atoms. The Morgan fingerprint density at radius 2 is 1.74 bits per heavy atom. The molecule has 2 aliphatic rings. The lowest BCUT2D eigenvalue weighted by Crippen LogP contribution is -2.32. The molecule has 2 aliphatic heterocycles. The van der Waals surface area contributed by atoms with Gasteiger partial charge >= 0.3 is 0 Å². The Morgan fingerprint density at radius 1 is 1.04 bits per heavy atom. The largest absolute Gasteiger partial charge is 0.291 e. The van der Waals surface area contributed by atoms with Gasteiger partial charge in [-0.2, -0.15) is 0 Å². The van der Waals surface area contributed by atoms with Crippen molar-refractivity contribution in [2.45, 2.75) is 25.0 Å². The molecule has 118 valence electrons. The molecular weight excluding hydrogens is 359 g/mol. The summed E-state index contributed by atoms with van der Waals surface area (Å²) in [5.41, 5.74) is 1.83. The maximum Gasteiger partial charge on any atom is 0.246 e. The first-order chi connectivity index (χ1) is 11.1.